The van der Waals surface area contributed by atoms with Crippen LogP contribution in [-0.4, -0.2) is 25.7 Å². The topological polar surface area (TPSA) is 39.1 Å². The number of hydrogen-bond acceptors (Lipinski definition) is 3. The van der Waals surface area contributed by atoms with Crippen molar-refractivity contribution in [1.82, 2.24) is 5.32 Å². The molecule has 2 aromatic rings. The molecule has 0 spiro atoms. The van der Waals surface area contributed by atoms with Gasteiger partial charge in [-0.25, -0.2) is 0 Å². The molecule has 2 aromatic carbocycles. The van der Waals surface area contributed by atoms with E-state index in [4.69, 9.17) is 5.26 Å². The van der Waals surface area contributed by atoms with Gasteiger partial charge >= 0.3 is 6.18 Å². The number of nitrogens with zero attached hydrogens (tertiary/aromatic N) is 2. The number of rotatable bonds is 1. The first-order valence-electron chi connectivity index (χ1n) is 8.65. The molecule has 0 aliphatic carbocycles. The van der Waals surface area contributed by atoms with Gasteiger partial charge in [0.05, 0.1) is 17.2 Å². The first kappa shape index (κ1) is 16.9. The monoisotopic (exact) mass is 357 g/mol. The molecule has 3 nitrogen and oxygen atoms in total. The molecule has 134 valence electrons. The molecular formula is C20H18F3N3. The van der Waals surface area contributed by atoms with Gasteiger partial charge in [0, 0.05) is 37.3 Å². The largest absolute Gasteiger partial charge is 0.416 e. The van der Waals surface area contributed by atoms with Gasteiger partial charge in [-0.05, 0) is 35.7 Å². The Morgan fingerprint density at radius 1 is 1.15 bits per heavy atom. The van der Waals surface area contributed by atoms with Crippen molar-refractivity contribution in [3.05, 3.63) is 64.7 Å². The Hall–Kier alpha value is -2.52. The van der Waals surface area contributed by atoms with Crippen LogP contribution in [0.4, 0.5) is 18.9 Å². The molecule has 26 heavy (non-hydrogen) atoms. The summed E-state index contributed by atoms with van der Waals surface area (Å²) in [6, 6.07) is 13.8. The molecule has 2 aliphatic heterocycles. The molecule has 4 rings (SSSR count). The Balaban J connectivity index is 1.80. The fourth-order valence-corrected chi connectivity index (χ4v) is 4.23. The Morgan fingerprint density at radius 2 is 1.96 bits per heavy atom. The maximum Gasteiger partial charge on any atom is 0.416 e. The maximum absolute atomic E-state index is 13.7. The van der Waals surface area contributed by atoms with Gasteiger partial charge in [0.25, 0.3) is 0 Å². The average molecular weight is 357 g/mol. The minimum absolute atomic E-state index is 0.0172. The lowest BCUT2D eigenvalue weighted by Gasteiger charge is -2.32. The van der Waals surface area contributed by atoms with Crippen molar-refractivity contribution in [3.63, 3.8) is 0 Å². The van der Waals surface area contributed by atoms with E-state index in [1.165, 1.54) is 17.7 Å². The SMILES string of the molecule is N#Cc1ccc(C2CNCCN3c4ccccc4CC23)c(C(F)(F)F)c1. The smallest absolute Gasteiger partial charge is 0.366 e. The van der Waals surface area contributed by atoms with Gasteiger partial charge in [0.15, 0.2) is 0 Å². The minimum Gasteiger partial charge on any atom is -0.366 e. The van der Waals surface area contributed by atoms with E-state index in [0.717, 1.165) is 31.3 Å². The number of fused-ring (bicyclic) bond motifs is 3. The van der Waals surface area contributed by atoms with E-state index < -0.39 is 11.7 Å². The Bertz CT molecular complexity index is 869. The van der Waals surface area contributed by atoms with E-state index in [1.54, 1.807) is 0 Å². The Kier molecular flexibility index (Phi) is 4.12. The Labute approximate surface area is 150 Å². The average Bonchev–Trinajstić information content (AvgIpc) is 2.86. The van der Waals surface area contributed by atoms with Crippen LogP contribution in [0.25, 0.3) is 0 Å². The van der Waals surface area contributed by atoms with Gasteiger partial charge < -0.3 is 10.2 Å². The van der Waals surface area contributed by atoms with E-state index >= 15 is 0 Å². The van der Waals surface area contributed by atoms with E-state index in [0.29, 0.717) is 6.54 Å². The standard InChI is InChI=1S/C20H18F3N3/c21-20(22,23)17-9-13(11-24)5-6-15(17)16-12-25-7-8-26-18-4-2-1-3-14(18)10-19(16)26/h1-6,9,16,19,25H,7-8,10,12H2. The van der Waals surface area contributed by atoms with Crippen LogP contribution in [0, 0.1) is 11.3 Å². The zero-order valence-electron chi connectivity index (χ0n) is 14.1. The highest BCUT2D eigenvalue weighted by atomic mass is 19.4. The number of halogens is 3. The summed E-state index contributed by atoms with van der Waals surface area (Å²) in [7, 11) is 0. The summed E-state index contributed by atoms with van der Waals surface area (Å²) in [6.07, 6.45) is -3.75. The van der Waals surface area contributed by atoms with Gasteiger partial charge in [-0.1, -0.05) is 24.3 Å². The summed E-state index contributed by atoms with van der Waals surface area (Å²) in [5, 5.41) is 12.3. The molecule has 2 aliphatic rings. The number of para-hydroxylation sites is 1. The number of nitrogens with one attached hydrogen (secondary N) is 1. The molecular weight excluding hydrogens is 339 g/mol. The summed E-state index contributed by atoms with van der Waals surface area (Å²) in [5.74, 6) is -0.297. The number of nitriles is 1. The van der Waals surface area contributed by atoms with E-state index in [-0.39, 0.29) is 23.1 Å². The first-order chi connectivity index (χ1) is 12.5. The van der Waals surface area contributed by atoms with Crippen LogP contribution in [0.1, 0.15) is 28.2 Å². The lowest BCUT2D eigenvalue weighted by atomic mass is 9.85. The van der Waals surface area contributed by atoms with Crippen molar-refractivity contribution >= 4 is 5.69 Å². The van der Waals surface area contributed by atoms with Crippen LogP contribution < -0.4 is 10.2 Å². The van der Waals surface area contributed by atoms with Crippen LogP contribution in [0.2, 0.25) is 0 Å². The molecule has 0 bridgehead atoms. The normalized spacial score (nSPS) is 22.3. The molecule has 0 aromatic heterocycles. The molecule has 2 atom stereocenters. The summed E-state index contributed by atoms with van der Waals surface area (Å²) in [5.41, 5.74) is 1.92. The zero-order chi connectivity index (χ0) is 18.3. The van der Waals surface area contributed by atoms with E-state index in [2.05, 4.69) is 16.3 Å². The second-order valence-electron chi connectivity index (χ2n) is 6.82. The summed E-state index contributed by atoms with van der Waals surface area (Å²) >= 11 is 0. The molecule has 1 N–H and O–H groups in total. The predicted molar refractivity (Wildman–Crippen MR) is 93.0 cm³/mol. The van der Waals surface area contributed by atoms with Crippen molar-refractivity contribution in [2.24, 2.45) is 0 Å². The van der Waals surface area contributed by atoms with Gasteiger partial charge in [-0.2, -0.15) is 18.4 Å². The minimum atomic E-state index is -4.48. The van der Waals surface area contributed by atoms with Crippen molar-refractivity contribution in [2.45, 2.75) is 24.6 Å². The second kappa shape index (κ2) is 6.33. The summed E-state index contributed by atoms with van der Waals surface area (Å²) in [4.78, 5) is 2.23. The van der Waals surface area contributed by atoms with Crippen LogP contribution in [0.3, 0.4) is 0 Å². The maximum atomic E-state index is 13.7. The lowest BCUT2D eigenvalue weighted by Crippen LogP contribution is -2.38. The molecule has 1 saturated heterocycles. The first-order valence-corrected chi connectivity index (χ1v) is 8.65. The highest BCUT2D eigenvalue weighted by Gasteiger charge is 2.41. The van der Waals surface area contributed by atoms with Gasteiger partial charge in [-0.3, -0.25) is 0 Å². The molecule has 1 fully saturated rings. The highest BCUT2D eigenvalue weighted by Crippen LogP contribution is 2.43. The van der Waals surface area contributed by atoms with Crippen molar-refractivity contribution in [2.75, 3.05) is 24.5 Å². The zero-order valence-corrected chi connectivity index (χ0v) is 14.1. The Morgan fingerprint density at radius 3 is 2.73 bits per heavy atom. The van der Waals surface area contributed by atoms with Crippen molar-refractivity contribution in [3.8, 4) is 6.07 Å². The quantitative estimate of drug-likeness (QED) is 0.846. The van der Waals surface area contributed by atoms with Gasteiger partial charge in [0.2, 0.25) is 0 Å². The fraction of sp³-hybridized carbons (Fsp3) is 0.350. The molecule has 0 amide bonds. The lowest BCUT2D eigenvalue weighted by molar-refractivity contribution is -0.138. The van der Waals surface area contributed by atoms with Gasteiger partial charge in [0.1, 0.15) is 0 Å². The third kappa shape index (κ3) is 2.82. The third-order valence-electron chi connectivity index (χ3n) is 5.38. The van der Waals surface area contributed by atoms with Crippen LogP contribution >= 0.6 is 0 Å². The highest BCUT2D eigenvalue weighted by molar-refractivity contribution is 5.61. The summed E-state index contributed by atoms with van der Waals surface area (Å²) in [6.45, 7) is 2.00. The van der Waals surface area contributed by atoms with E-state index in [9.17, 15) is 13.2 Å². The van der Waals surface area contributed by atoms with Crippen molar-refractivity contribution in [1.29, 1.82) is 5.26 Å². The number of alkyl halides is 3. The molecule has 6 heteroatoms. The fourth-order valence-electron chi connectivity index (χ4n) is 4.23. The van der Waals surface area contributed by atoms with Crippen molar-refractivity contribution < 1.29 is 13.2 Å². The van der Waals surface area contributed by atoms with Crippen LogP contribution in [0.15, 0.2) is 42.5 Å². The van der Waals surface area contributed by atoms with Crippen LogP contribution in [-0.2, 0) is 12.6 Å². The number of benzene rings is 2. The number of anilines is 1. The number of hydrogen-bond donors (Lipinski definition) is 1. The second-order valence-corrected chi connectivity index (χ2v) is 6.82. The molecule has 0 radical (unpaired) electrons. The molecule has 2 unspecified atom stereocenters. The van der Waals surface area contributed by atoms with E-state index in [1.807, 2.05) is 24.3 Å². The van der Waals surface area contributed by atoms with Gasteiger partial charge in [-0.15, -0.1) is 0 Å². The molecule has 2 heterocycles. The summed E-state index contributed by atoms with van der Waals surface area (Å²) < 4.78 is 41.1. The third-order valence-corrected chi connectivity index (χ3v) is 5.38. The van der Waals surface area contributed by atoms with Crippen LogP contribution in [0.5, 0.6) is 0 Å². The predicted octanol–water partition coefficient (Wildman–Crippen LogP) is 3.70. The molecule has 0 saturated carbocycles.